The summed E-state index contributed by atoms with van der Waals surface area (Å²) < 4.78 is 0. The van der Waals surface area contributed by atoms with Gasteiger partial charge in [-0.15, -0.1) is 13.2 Å². The number of hydrogen-bond donors (Lipinski definition) is 4. The lowest BCUT2D eigenvalue weighted by Crippen LogP contribution is -2.35. The first-order chi connectivity index (χ1) is 4.79. The molecule has 2 atom stereocenters. The van der Waals surface area contributed by atoms with E-state index >= 15 is 0 Å². The second kappa shape index (κ2) is 10.6. The molecule has 0 saturated heterocycles. The molecule has 0 unspecified atom stereocenters. The van der Waals surface area contributed by atoms with Gasteiger partial charge in [0.15, 0.2) is 0 Å². The number of rotatable bonds is 0. The summed E-state index contributed by atoms with van der Waals surface area (Å²) in [7, 11) is 0. The van der Waals surface area contributed by atoms with Crippen LogP contribution in [0.2, 0.25) is 0 Å². The SMILES string of the molecule is C=C.N.N.N[C@@H]1CCC[C@H](N)C1. The molecule has 1 aliphatic carbocycles. The van der Waals surface area contributed by atoms with E-state index in [4.69, 9.17) is 11.5 Å². The summed E-state index contributed by atoms with van der Waals surface area (Å²) in [5.41, 5.74) is 11.3. The van der Waals surface area contributed by atoms with Crippen LogP contribution < -0.4 is 23.8 Å². The highest BCUT2D eigenvalue weighted by molar-refractivity contribution is 4.76. The van der Waals surface area contributed by atoms with Crippen LogP contribution in [0, 0.1) is 0 Å². The Kier molecular flexibility index (Phi) is 15.5. The van der Waals surface area contributed by atoms with Crippen LogP contribution in [0.15, 0.2) is 13.2 Å². The van der Waals surface area contributed by atoms with E-state index in [1.807, 2.05) is 0 Å². The van der Waals surface area contributed by atoms with Crippen LogP contribution in [-0.4, -0.2) is 12.1 Å². The van der Waals surface area contributed by atoms with Gasteiger partial charge in [-0.3, -0.25) is 0 Å². The van der Waals surface area contributed by atoms with Gasteiger partial charge in [0, 0.05) is 12.1 Å². The van der Waals surface area contributed by atoms with Gasteiger partial charge < -0.3 is 23.8 Å². The first-order valence-corrected chi connectivity index (χ1v) is 3.80. The minimum atomic E-state index is 0. The third-order valence-corrected chi connectivity index (χ3v) is 1.76. The molecule has 0 aromatic rings. The molecule has 0 heterocycles. The quantitative estimate of drug-likeness (QED) is 0.416. The molecule has 76 valence electrons. The smallest absolute Gasteiger partial charge is 0.00535 e. The summed E-state index contributed by atoms with van der Waals surface area (Å²) in [4.78, 5) is 0. The maximum absolute atomic E-state index is 5.65. The molecule has 0 spiro atoms. The Morgan fingerprint density at radius 3 is 1.42 bits per heavy atom. The molecule has 12 heavy (non-hydrogen) atoms. The Labute approximate surface area is 75.6 Å². The van der Waals surface area contributed by atoms with Crippen LogP contribution in [0.3, 0.4) is 0 Å². The van der Waals surface area contributed by atoms with Gasteiger partial charge in [-0.05, 0) is 19.3 Å². The summed E-state index contributed by atoms with van der Waals surface area (Å²) in [5, 5.41) is 0. The van der Waals surface area contributed by atoms with Crippen molar-refractivity contribution < 1.29 is 0 Å². The fourth-order valence-electron chi connectivity index (χ4n) is 1.27. The summed E-state index contributed by atoms with van der Waals surface area (Å²) in [6.45, 7) is 6.00. The van der Waals surface area contributed by atoms with Crippen molar-refractivity contribution >= 4 is 0 Å². The van der Waals surface area contributed by atoms with Crippen molar-refractivity contribution in [2.45, 2.75) is 37.8 Å². The predicted octanol–water partition coefficient (Wildman–Crippen LogP) is 1.34. The molecular formula is C8H24N4. The van der Waals surface area contributed by atoms with Gasteiger partial charge in [0.25, 0.3) is 0 Å². The van der Waals surface area contributed by atoms with E-state index in [0.29, 0.717) is 12.1 Å². The average Bonchev–Trinajstić information content (AvgIpc) is 1.91. The molecule has 1 fully saturated rings. The second-order valence-corrected chi connectivity index (χ2v) is 2.69. The van der Waals surface area contributed by atoms with Gasteiger partial charge in [-0.2, -0.15) is 0 Å². The van der Waals surface area contributed by atoms with Crippen molar-refractivity contribution in [3.05, 3.63) is 13.2 Å². The Balaban J connectivity index is -0.000000189. The van der Waals surface area contributed by atoms with Crippen molar-refractivity contribution in [2.24, 2.45) is 11.5 Å². The van der Waals surface area contributed by atoms with E-state index in [-0.39, 0.29) is 12.3 Å². The highest BCUT2D eigenvalue weighted by atomic mass is 14.7. The second-order valence-electron chi connectivity index (χ2n) is 2.69. The van der Waals surface area contributed by atoms with Gasteiger partial charge in [0.05, 0.1) is 0 Å². The van der Waals surface area contributed by atoms with Gasteiger partial charge in [0.2, 0.25) is 0 Å². The van der Waals surface area contributed by atoms with Crippen LogP contribution in [0.1, 0.15) is 25.7 Å². The fourth-order valence-corrected chi connectivity index (χ4v) is 1.27. The molecule has 1 aliphatic rings. The van der Waals surface area contributed by atoms with Gasteiger partial charge in [-0.1, -0.05) is 6.42 Å². The highest BCUT2D eigenvalue weighted by Crippen LogP contribution is 2.14. The minimum absolute atomic E-state index is 0. The largest absolute Gasteiger partial charge is 0.344 e. The highest BCUT2D eigenvalue weighted by Gasteiger charge is 2.14. The summed E-state index contributed by atoms with van der Waals surface area (Å²) >= 11 is 0. The zero-order valence-corrected chi connectivity index (χ0v) is 7.97. The first kappa shape index (κ1) is 17.6. The van der Waals surface area contributed by atoms with Crippen molar-refractivity contribution in [1.82, 2.24) is 12.3 Å². The van der Waals surface area contributed by atoms with E-state index in [9.17, 15) is 0 Å². The van der Waals surface area contributed by atoms with Gasteiger partial charge in [-0.25, -0.2) is 0 Å². The average molecular weight is 176 g/mol. The molecule has 1 saturated carbocycles. The third-order valence-electron chi connectivity index (χ3n) is 1.76. The summed E-state index contributed by atoms with van der Waals surface area (Å²) in [5.74, 6) is 0. The topological polar surface area (TPSA) is 122 Å². The van der Waals surface area contributed by atoms with E-state index in [0.717, 1.165) is 6.42 Å². The van der Waals surface area contributed by atoms with E-state index < -0.39 is 0 Å². The Morgan fingerprint density at radius 1 is 0.917 bits per heavy atom. The molecule has 0 bridgehead atoms. The zero-order valence-electron chi connectivity index (χ0n) is 7.97. The Hall–Kier alpha value is -0.420. The molecule has 4 nitrogen and oxygen atoms in total. The maximum atomic E-state index is 5.65. The lowest BCUT2D eigenvalue weighted by Gasteiger charge is -2.22. The van der Waals surface area contributed by atoms with Crippen LogP contribution in [0.5, 0.6) is 0 Å². The van der Waals surface area contributed by atoms with Gasteiger partial charge >= 0.3 is 0 Å². The molecule has 0 aromatic carbocycles. The summed E-state index contributed by atoms with van der Waals surface area (Å²) in [6.07, 6.45) is 4.60. The predicted molar refractivity (Wildman–Crippen MR) is 55.7 cm³/mol. The standard InChI is InChI=1S/C6H14N2.C2H4.2H3N/c7-5-2-1-3-6(8)4-5;1-2;;/h5-6H,1-4,7-8H2;1-2H2;2*1H3/t5-,6+;;;. The Bertz CT molecular complexity index is 79.1. The number of hydrogen-bond acceptors (Lipinski definition) is 4. The lowest BCUT2D eigenvalue weighted by atomic mass is 9.92. The minimum Gasteiger partial charge on any atom is -0.344 e. The molecule has 1 rings (SSSR count). The van der Waals surface area contributed by atoms with Crippen LogP contribution >= 0.6 is 0 Å². The van der Waals surface area contributed by atoms with Crippen LogP contribution in [-0.2, 0) is 0 Å². The maximum Gasteiger partial charge on any atom is 0.00535 e. The van der Waals surface area contributed by atoms with E-state index in [1.54, 1.807) is 0 Å². The normalized spacial score (nSPS) is 26.8. The molecule has 0 aliphatic heterocycles. The van der Waals surface area contributed by atoms with Crippen LogP contribution in [0.25, 0.3) is 0 Å². The van der Waals surface area contributed by atoms with Crippen molar-refractivity contribution in [1.29, 1.82) is 0 Å². The molecule has 0 aromatic heterocycles. The zero-order chi connectivity index (χ0) is 7.98. The summed E-state index contributed by atoms with van der Waals surface area (Å²) in [6, 6.07) is 0.775. The van der Waals surface area contributed by atoms with E-state index in [1.165, 1.54) is 19.3 Å². The van der Waals surface area contributed by atoms with E-state index in [2.05, 4.69) is 13.2 Å². The molecule has 4 heteroatoms. The van der Waals surface area contributed by atoms with Gasteiger partial charge in [0.1, 0.15) is 0 Å². The van der Waals surface area contributed by atoms with Crippen molar-refractivity contribution in [3.8, 4) is 0 Å². The number of nitrogens with two attached hydrogens (primary N) is 2. The fraction of sp³-hybridized carbons (Fsp3) is 0.750. The lowest BCUT2D eigenvalue weighted by molar-refractivity contribution is 0.392. The molecular weight excluding hydrogens is 152 g/mol. The molecule has 0 radical (unpaired) electrons. The molecule has 10 N–H and O–H groups in total. The van der Waals surface area contributed by atoms with Crippen molar-refractivity contribution in [2.75, 3.05) is 0 Å². The monoisotopic (exact) mass is 176 g/mol. The van der Waals surface area contributed by atoms with Crippen LogP contribution in [0.4, 0.5) is 0 Å². The first-order valence-electron chi connectivity index (χ1n) is 3.80. The third kappa shape index (κ3) is 7.68. The molecule has 0 amide bonds. The Morgan fingerprint density at radius 2 is 1.25 bits per heavy atom. The van der Waals surface area contributed by atoms with Crippen molar-refractivity contribution in [3.63, 3.8) is 0 Å².